The number of ether oxygens (including phenoxy) is 1. The zero-order valence-electron chi connectivity index (χ0n) is 9.12. The van der Waals surface area contributed by atoms with Crippen LogP contribution in [-0.2, 0) is 0 Å². The SMILES string of the molecule is Cc1ccccc1OC1CC2(CNC2)C1. The molecule has 2 fully saturated rings. The summed E-state index contributed by atoms with van der Waals surface area (Å²) in [5.41, 5.74) is 1.85. The number of hydrogen-bond donors (Lipinski definition) is 1. The maximum atomic E-state index is 5.98. The van der Waals surface area contributed by atoms with Gasteiger partial charge in [0.15, 0.2) is 0 Å². The third kappa shape index (κ3) is 1.53. The lowest BCUT2D eigenvalue weighted by Crippen LogP contribution is -2.62. The van der Waals surface area contributed by atoms with Crippen molar-refractivity contribution < 1.29 is 4.74 Å². The van der Waals surface area contributed by atoms with Crippen LogP contribution >= 0.6 is 0 Å². The zero-order chi connectivity index (χ0) is 10.3. The van der Waals surface area contributed by atoms with Crippen LogP contribution in [0.1, 0.15) is 18.4 Å². The third-order valence-corrected chi connectivity index (χ3v) is 3.71. The Morgan fingerprint density at radius 2 is 2.00 bits per heavy atom. The second kappa shape index (κ2) is 3.24. The highest BCUT2D eigenvalue weighted by molar-refractivity contribution is 5.32. The first-order valence-electron chi connectivity index (χ1n) is 5.70. The third-order valence-electron chi connectivity index (χ3n) is 3.71. The minimum Gasteiger partial charge on any atom is -0.490 e. The molecule has 0 unspecified atom stereocenters. The minimum atomic E-state index is 0.452. The molecule has 1 saturated heterocycles. The number of hydrogen-bond acceptors (Lipinski definition) is 2. The van der Waals surface area contributed by atoms with Crippen molar-refractivity contribution in [2.75, 3.05) is 13.1 Å². The maximum absolute atomic E-state index is 5.98. The van der Waals surface area contributed by atoms with Gasteiger partial charge in [-0.1, -0.05) is 18.2 Å². The van der Waals surface area contributed by atoms with E-state index in [0.717, 1.165) is 5.75 Å². The molecule has 2 aliphatic rings. The van der Waals surface area contributed by atoms with Crippen LogP contribution in [-0.4, -0.2) is 19.2 Å². The van der Waals surface area contributed by atoms with E-state index >= 15 is 0 Å². The van der Waals surface area contributed by atoms with Crippen LogP contribution in [0.2, 0.25) is 0 Å². The number of aryl methyl sites for hydroxylation is 1. The number of benzene rings is 1. The van der Waals surface area contributed by atoms with E-state index in [0.29, 0.717) is 11.5 Å². The van der Waals surface area contributed by atoms with E-state index in [1.165, 1.54) is 31.5 Å². The first-order chi connectivity index (χ1) is 7.27. The summed E-state index contributed by atoms with van der Waals surface area (Å²) in [6.45, 7) is 4.50. The summed E-state index contributed by atoms with van der Waals surface area (Å²) in [5, 5.41) is 3.34. The topological polar surface area (TPSA) is 21.3 Å². The van der Waals surface area contributed by atoms with Crippen LogP contribution in [0.5, 0.6) is 5.75 Å². The van der Waals surface area contributed by atoms with Crippen LogP contribution in [0, 0.1) is 12.3 Å². The molecular formula is C13H17NO. The molecule has 1 N–H and O–H groups in total. The highest BCUT2D eigenvalue weighted by Gasteiger charge is 2.49. The number of rotatable bonds is 2. The van der Waals surface area contributed by atoms with Crippen molar-refractivity contribution in [3.8, 4) is 5.75 Å². The van der Waals surface area contributed by atoms with E-state index in [2.05, 4.69) is 30.4 Å². The second-order valence-electron chi connectivity index (χ2n) is 5.02. The highest BCUT2D eigenvalue weighted by atomic mass is 16.5. The van der Waals surface area contributed by atoms with Gasteiger partial charge in [-0.05, 0) is 31.4 Å². The fraction of sp³-hybridized carbons (Fsp3) is 0.538. The summed E-state index contributed by atoms with van der Waals surface area (Å²) in [4.78, 5) is 0. The summed E-state index contributed by atoms with van der Waals surface area (Å²) in [7, 11) is 0. The maximum Gasteiger partial charge on any atom is 0.122 e. The van der Waals surface area contributed by atoms with Gasteiger partial charge in [-0.2, -0.15) is 0 Å². The smallest absolute Gasteiger partial charge is 0.122 e. The van der Waals surface area contributed by atoms with Crippen LogP contribution in [0.3, 0.4) is 0 Å². The van der Waals surface area contributed by atoms with Crippen LogP contribution in [0.15, 0.2) is 24.3 Å². The molecule has 1 aromatic rings. The molecule has 1 aliphatic heterocycles. The van der Waals surface area contributed by atoms with Crippen molar-refractivity contribution in [1.29, 1.82) is 0 Å². The molecule has 0 radical (unpaired) electrons. The summed E-state index contributed by atoms with van der Waals surface area (Å²) >= 11 is 0. The van der Waals surface area contributed by atoms with E-state index < -0.39 is 0 Å². The summed E-state index contributed by atoms with van der Waals surface area (Å²) in [5.74, 6) is 1.06. The Labute approximate surface area is 90.6 Å². The first-order valence-corrected chi connectivity index (χ1v) is 5.70. The Morgan fingerprint density at radius 1 is 1.27 bits per heavy atom. The summed E-state index contributed by atoms with van der Waals surface area (Å²) in [6, 6.07) is 8.27. The van der Waals surface area contributed by atoms with Gasteiger partial charge in [0, 0.05) is 18.5 Å². The van der Waals surface area contributed by atoms with Crippen LogP contribution in [0.4, 0.5) is 0 Å². The van der Waals surface area contributed by atoms with Gasteiger partial charge in [-0.3, -0.25) is 0 Å². The van der Waals surface area contributed by atoms with Gasteiger partial charge in [0.25, 0.3) is 0 Å². The zero-order valence-corrected chi connectivity index (χ0v) is 9.12. The summed E-state index contributed by atoms with van der Waals surface area (Å²) in [6.07, 6.45) is 2.91. The van der Waals surface area contributed by atoms with Gasteiger partial charge >= 0.3 is 0 Å². The molecule has 1 heterocycles. The predicted octanol–water partition coefficient (Wildman–Crippen LogP) is 2.13. The molecule has 15 heavy (non-hydrogen) atoms. The lowest BCUT2D eigenvalue weighted by atomic mass is 9.63. The van der Waals surface area contributed by atoms with Gasteiger partial charge in [0.1, 0.15) is 5.75 Å². The van der Waals surface area contributed by atoms with Crippen LogP contribution < -0.4 is 10.1 Å². The average molecular weight is 203 g/mol. The predicted molar refractivity (Wildman–Crippen MR) is 60.1 cm³/mol. The molecule has 0 amide bonds. The molecule has 2 heteroatoms. The second-order valence-corrected chi connectivity index (χ2v) is 5.02. The van der Waals surface area contributed by atoms with E-state index in [4.69, 9.17) is 4.74 Å². The molecule has 80 valence electrons. The molecule has 0 aromatic heterocycles. The molecule has 0 bridgehead atoms. The Morgan fingerprint density at radius 3 is 2.60 bits per heavy atom. The van der Waals surface area contributed by atoms with E-state index in [9.17, 15) is 0 Å². The largest absolute Gasteiger partial charge is 0.490 e. The molecule has 1 aromatic carbocycles. The van der Waals surface area contributed by atoms with Crippen molar-refractivity contribution >= 4 is 0 Å². The lowest BCUT2D eigenvalue weighted by Gasteiger charge is -2.53. The quantitative estimate of drug-likeness (QED) is 0.795. The lowest BCUT2D eigenvalue weighted by molar-refractivity contribution is -0.0497. The van der Waals surface area contributed by atoms with Crippen molar-refractivity contribution in [3.05, 3.63) is 29.8 Å². The fourth-order valence-corrected chi connectivity index (χ4v) is 2.62. The number of nitrogens with one attached hydrogen (secondary N) is 1. The molecule has 3 rings (SSSR count). The average Bonchev–Trinajstić information content (AvgIpc) is 2.10. The Hall–Kier alpha value is -1.02. The molecule has 1 aliphatic carbocycles. The number of para-hydroxylation sites is 1. The van der Waals surface area contributed by atoms with Crippen molar-refractivity contribution in [3.63, 3.8) is 0 Å². The monoisotopic (exact) mass is 203 g/mol. The van der Waals surface area contributed by atoms with Crippen molar-refractivity contribution in [2.45, 2.75) is 25.9 Å². The van der Waals surface area contributed by atoms with Crippen molar-refractivity contribution in [1.82, 2.24) is 5.32 Å². The molecule has 0 atom stereocenters. The van der Waals surface area contributed by atoms with Gasteiger partial charge < -0.3 is 10.1 Å². The van der Waals surface area contributed by atoms with Gasteiger partial charge in [-0.15, -0.1) is 0 Å². The Balaban J connectivity index is 1.61. The van der Waals surface area contributed by atoms with E-state index in [1.54, 1.807) is 0 Å². The van der Waals surface area contributed by atoms with Crippen molar-refractivity contribution in [2.24, 2.45) is 5.41 Å². The minimum absolute atomic E-state index is 0.452. The standard InChI is InChI=1S/C13H17NO/c1-10-4-2-3-5-12(10)15-11-6-13(7-11)8-14-9-13/h2-5,11,14H,6-9H2,1H3. The molecule has 1 spiro atoms. The highest BCUT2D eigenvalue weighted by Crippen LogP contribution is 2.45. The first kappa shape index (κ1) is 9.22. The van der Waals surface area contributed by atoms with Gasteiger partial charge in [-0.25, -0.2) is 0 Å². The summed E-state index contributed by atoms with van der Waals surface area (Å²) < 4.78 is 5.98. The van der Waals surface area contributed by atoms with Gasteiger partial charge in [0.2, 0.25) is 0 Å². The van der Waals surface area contributed by atoms with Crippen LogP contribution in [0.25, 0.3) is 0 Å². The fourth-order valence-electron chi connectivity index (χ4n) is 2.62. The molecular weight excluding hydrogens is 186 g/mol. The Kier molecular flexibility index (Phi) is 1.99. The normalized spacial score (nSPS) is 23.3. The van der Waals surface area contributed by atoms with E-state index in [-0.39, 0.29) is 0 Å². The van der Waals surface area contributed by atoms with Gasteiger partial charge in [0.05, 0.1) is 6.10 Å². The Bertz CT molecular complexity index is 363. The van der Waals surface area contributed by atoms with E-state index in [1.807, 2.05) is 6.07 Å². The molecule has 2 nitrogen and oxygen atoms in total. The molecule has 1 saturated carbocycles.